The van der Waals surface area contributed by atoms with Gasteiger partial charge in [-0.3, -0.25) is 4.79 Å². The quantitative estimate of drug-likeness (QED) is 0.777. The average molecular weight is 412 g/mol. The lowest BCUT2D eigenvalue weighted by molar-refractivity contribution is 0.0942. The van der Waals surface area contributed by atoms with Crippen LogP contribution in [0, 0.1) is 13.8 Å². The second-order valence-electron chi connectivity index (χ2n) is 5.84. The number of benzene rings is 1. The lowest BCUT2D eigenvalue weighted by Crippen LogP contribution is -2.29. The Morgan fingerprint density at radius 1 is 1.21 bits per heavy atom. The van der Waals surface area contributed by atoms with E-state index in [0.717, 1.165) is 17.3 Å². The molecule has 1 saturated heterocycles. The molecule has 0 spiro atoms. The first-order valence-electron chi connectivity index (χ1n) is 7.69. The molecule has 0 saturated carbocycles. The molecule has 0 N–H and O–H groups in total. The summed E-state index contributed by atoms with van der Waals surface area (Å²) in [6, 6.07) is 6.94. The molecule has 0 radical (unpaired) electrons. The van der Waals surface area contributed by atoms with Crippen LogP contribution in [-0.4, -0.2) is 41.5 Å². The minimum absolute atomic E-state index is 0.146. The molecule has 0 unspecified atom stereocenters. The Morgan fingerprint density at radius 3 is 2.50 bits per heavy atom. The van der Waals surface area contributed by atoms with Gasteiger partial charge in [-0.2, -0.15) is 14.1 Å². The molecule has 6 nitrogen and oxygen atoms in total. The number of aromatic nitrogens is 2. The third-order valence-corrected chi connectivity index (χ3v) is 6.80. The standard InChI is InChI=1S/C16H18BrN3O3S/c1-11-15(24(22,23)19-8-3-4-9-19)12(2)20(18-11)16(21)13-6-5-7-14(17)10-13/h5-7,10H,3-4,8-9H2,1-2H3. The maximum atomic E-state index is 12.9. The number of carbonyl (C=O) groups is 1. The molecule has 3 rings (SSSR count). The Bertz CT molecular complexity index is 899. The molecule has 1 fully saturated rings. The molecule has 24 heavy (non-hydrogen) atoms. The predicted octanol–water partition coefficient (Wildman–Crippen LogP) is 2.74. The number of sulfonamides is 1. The molecule has 128 valence electrons. The summed E-state index contributed by atoms with van der Waals surface area (Å²) in [5.74, 6) is -0.347. The van der Waals surface area contributed by atoms with Crippen LogP contribution in [0.3, 0.4) is 0 Å². The fraction of sp³-hybridized carbons (Fsp3) is 0.375. The van der Waals surface area contributed by atoms with Crippen molar-refractivity contribution in [3.05, 3.63) is 45.7 Å². The van der Waals surface area contributed by atoms with Gasteiger partial charge in [0, 0.05) is 23.1 Å². The average Bonchev–Trinajstić information content (AvgIpc) is 3.15. The number of hydrogen-bond donors (Lipinski definition) is 0. The van der Waals surface area contributed by atoms with Crippen LogP contribution in [0.5, 0.6) is 0 Å². The molecular weight excluding hydrogens is 394 g/mol. The van der Waals surface area contributed by atoms with E-state index in [1.165, 1.54) is 8.99 Å². The largest absolute Gasteiger partial charge is 0.278 e. The van der Waals surface area contributed by atoms with E-state index >= 15 is 0 Å². The zero-order chi connectivity index (χ0) is 17.5. The third-order valence-electron chi connectivity index (χ3n) is 4.15. The topological polar surface area (TPSA) is 72.3 Å². The SMILES string of the molecule is Cc1nn(C(=O)c2cccc(Br)c2)c(C)c1S(=O)(=O)N1CCCC1. The van der Waals surface area contributed by atoms with Crippen LogP contribution in [0.1, 0.15) is 34.6 Å². The summed E-state index contributed by atoms with van der Waals surface area (Å²) in [6.45, 7) is 4.29. The van der Waals surface area contributed by atoms with Gasteiger partial charge in [0.15, 0.2) is 0 Å². The van der Waals surface area contributed by atoms with E-state index in [2.05, 4.69) is 21.0 Å². The van der Waals surface area contributed by atoms with Crippen molar-refractivity contribution < 1.29 is 13.2 Å². The van der Waals surface area contributed by atoms with E-state index in [4.69, 9.17) is 0 Å². The predicted molar refractivity (Wildman–Crippen MR) is 93.6 cm³/mol. The van der Waals surface area contributed by atoms with Crippen molar-refractivity contribution in [1.82, 2.24) is 14.1 Å². The van der Waals surface area contributed by atoms with Gasteiger partial charge in [0.05, 0.1) is 11.4 Å². The molecule has 1 aromatic carbocycles. The highest BCUT2D eigenvalue weighted by Gasteiger charge is 2.33. The van der Waals surface area contributed by atoms with Crippen LogP contribution in [0.25, 0.3) is 0 Å². The molecule has 0 bridgehead atoms. The van der Waals surface area contributed by atoms with Crippen molar-refractivity contribution in [3.63, 3.8) is 0 Å². The molecule has 0 amide bonds. The monoisotopic (exact) mass is 411 g/mol. The van der Waals surface area contributed by atoms with Crippen molar-refractivity contribution in [1.29, 1.82) is 0 Å². The minimum atomic E-state index is -3.61. The van der Waals surface area contributed by atoms with Crippen LogP contribution in [-0.2, 0) is 10.0 Å². The smallest absolute Gasteiger partial charge is 0.267 e. The van der Waals surface area contributed by atoms with Crippen molar-refractivity contribution >= 4 is 31.9 Å². The van der Waals surface area contributed by atoms with Gasteiger partial charge in [-0.05, 0) is 44.9 Å². The molecule has 1 aromatic heterocycles. The van der Waals surface area contributed by atoms with Crippen molar-refractivity contribution in [3.8, 4) is 0 Å². The molecular formula is C16H18BrN3O3S. The summed E-state index contributed by atoms with van der Waals surface area (Å²) in [7, 11) is -3.61. The minimum Gasteiger partial charge on any atom is -0.267 e. The van der Waals surface area contributed by atoms with E-state index < -0.39 is 10.0 Å². The third kappa shape index (κ3) is 2.94. The Kier molecular flexibility index (Phi) is 4.63. The Labute approximate surface area is 149 Å². The maximum Gasteiger partial charge on any atom is 0.278 e. The van der Waals surface area contributed by atoms with E-state index in [1.54, 1.807) is 32.0 Å². The van der Waals surface area contributed by atoms with E-state index in [-0.39, 0.29) is 10.8 Å². The van der Waals surface area contributed by atoms with Gasteiger partial charge >= 0.3 is 0 Å². The maximum absolute atomic E-state index is 12.9. The molecule has 1 aliphatic heterocycles. The Hall–Kier alpha value is -1.51. The number of hydrogen-bond acceptors (Lipinski definition) is 4. The van der Waals surface area contributed by atoms with E-state index in [0.29, 0.717) is 30.0 Å². The summed E-state index contributed by atoms with van der Waals surface area (Å²) in [5, 5.41) is 4.20. The molecule has 2 heterocycles. The normalized spacial score (nSPS) is 15.8. The lowest BCUT2D eigenvalue weighted by atomic mass is 10.2. The second-order valence-corrected chi connectivity index (χ2v) is 8.63. The van der Waals surface area contributed by atoms with Crippen LogP contribution in [0.4, 0.5) is 0 Å². The summed E-state index contributed by atoms with van der Waals surface area (Å²) < 4.78 is 29.1. The van der Waals surface area contributed by atoms with Gasteiger partial charge in [0.2, 0.25) is 10.0 Å². The number of halogens is 1. The van der Waals surface area contributed by atoms with Crippen LogP contribution < -0.4 is 0 Å². The first-order valence-corrected chi connectivity index (χ1v) is 9.92. The zero-order valence-corrected chi connectivity index (χ0v) is 15.9. The summed E-state index contributed by atoms with van der Waals surface area (Å²) in [6.07, 6.45) is 1.73. The number of rotatable bonds is 3. The summed E-state index contributed by atoms with van der Waals surface area (Å²) >= 11 is 3.33. The molecule has 0 aliphatic carbocycles. The fourth-order valence-electron chi connectivity index (χ4n) is 3.00. The van der Waals surface area contributed by atoms with Crippen molar-refractivity contribution in [2.75, 3.05) is 13.1 Å². The molecule has 1 aliphatic rings. The number of nitrogens with zero attached hydrogens (tertiary/aromatic N) is 3. The Balaban J connectivity index is 2.05. The molecule has 0 atom stereocenters. The van der Waals surface area contributed by atoms with Gasteiger partial charge in [-0.15, -0.1) is 0 Å². The second kappa shape index (κ2) is 6.42. The number of aryl methyl sites for hydroxylation is 1. The highest BCUT2D eigenvalue weighted by molar-refractivity contribution is 9.10. The van der Waals surface area contributed by atoms with Crippen molar-refractivity contribution in [2.45, 2.75) is 31.6 Å². The highest BCUT2D eigenvalue weighted by atomic mass is 79.9. The lowest BCUT2D eigenvalue weighted by Gasteiger charge is -2.15. The van der Waals surface area contributed by atoms with E-state index in [1.807, 2.05) is 6.07 Å². The van der Waals surface area contributed by atoms with Gasteiger partial charge in [0.1, 0.15) is 4.90 Å². The van der Waals surface area contributed by atoms with Gasteiger partial charge in [-0.25, -0.2) is 8.42 Å². The van der Waals surface area contributed by atoms with Crippen LogP contribution in [0.15, 0.2) is 33.6 Å². The van der Waals surface area contributed by atoms with E-state index in [9.17, 15) is 13.2 Å². The summed E-state index contributed by atoms with van der Waals surface area (Å²) in [4.78, 5) is 12.9. The zero-order valence-electron chi connectivity index (χ0n) is 13.5. The van der Waals surface area contributed by atoms with Crippen LogP contribution >= 0.6 is 15.9 Å². The summed E-state index contributed by atoms with van der Waals surface area (Å²) in [5.41, 5.74) is 1.15. The molecule has 2 aromatic rings. The molecule has 8 heteroatoms. The Morgan fingerprint density at radius 2 is 1.88 bits per heavy atom. The van der Waals surface area contributed by atoms with Gasteiger partial charge < -0.3 is 0 Å². The number of carbonyl (C=O) groups excluding carboxylic acids is 1. The highest BCUT2D eigenvalue weighted by Crippen LogP contribution is 2.27. The first-order chi connectivity index (χ1) is 11.3. The van der Waals surface area contributed by atoms with Gasteiger partial charge in [0.25, 0.3) is 5.91 Å². The van der Waals surface area contributed by atoms with Crippen molar-refractivity contribution in [2.24, 2.45) is 0 Å². The fourth-order valence-corrected chi connectivity index (χ4v) is 5.27. The first kappa shape index (κ1) is 17.3. The van der Waals surface area contributed by atoms with Gasteiger partial charge in [-0.1, -0.05) is 22.0 Å². The van der Waals surface area contributed by atoms with Crippen LogP contribution in [0.2, 0.25) is 0 Å².